The maximum atomic E-state index is 5.99. The summed E-state index contributed by atoms with van der Waals surface area (Å²) in [5.41, 5.74) is 1.09. The number of anilines is 2. The summed E-state index contributed by atoms with van der Waals surface area (Å²) >= 11 is 1.71. The van der Waals surface area contributed by atoms with Gasteiger partial charge in [-0.05, 0) is 31.9 Å². The van der Waals surface area contributed by atoms with Crippen molar-refractivity contribution in [3.8, 4) is 0 Å². The second-order valence-corrected chi connectivity index (χ2v) is 7.72. The Morgan fingerprint density at radius 3 is 2.88 bits per heavy atom. The lowest BCUT2D eigenvalue weighted by atomic mass is 9.80. The van der Waals surface area contributed by atoms with Crippen LogP contribution in [0.3, 0.4) is 0 Å². The standard InChI is InChI=1S/C17H23N5OS/c1-14-3-4-15(20-19-14)21-7-2-5-17(11-21)12-22(8-9-23-13-17)16-18-6-10-24-16/h3-4,6,10H,2,5,7-9,11-13H2,1H3/t17-/m0/s1. The van der Waals surface area contributed by atoms with Crippen LogP contribution in [0.4, 0.5) is 10.9 Å². The monoisotopic (exact) mass is 345 g/mol. The molecule has 4 rings (SSSR count). The van der Waals surface area contributed by atoms with Gasteiger partial charge in [-0.25, -0.2) is 4.98 Å². The fourth-order valence-corrected chi connectivity index (χ4v) is 4.41. The molecule has 1 spiro atoms. The molecule has 2 aliphatic rings. The molecule has 4 heterocycles. The van der Waals surface area contributed by atoms with E-state index in [0.29, 0.717) is 0 Å². The highest BCUT2D eigenvalue weighted by molar-refractivity contribution is 7.13. The molecule has 0 saturated carbocycles. The van der Waals surface area contributed by atoms with Crippen LogP contribution in [0.15, 0.2) is 23.7 Å². The molecule has 1 atom stereocenters. The van der Waals surface area contributed by atoms with Gasteiger partial charge in [-0.1, -0.05) is 0 Å². The van der Waals surface area contributed by atoms with Crippen LogP contribution in [0, 0.1) is 12.3 Å². The molecule has 7 heteroatoms. The molecule has 2 aromatic heterocycles. The summed E-state index contributed by atoms with van der Waals surface area (Å²) in [5, 5.41) is 11.8. The largest absolute Gasteiger partial charge is 0.379 e. The van der Waals surface area contributed by atoms with Gasteiger partial charge < -0.3 is 14.5 Å². The van der Waals surface area contributed by atoms with Gasteiger partial charge in [-0.2, -0.15) is 5.10 Å². The molecule has 128 valence electrons. The van der Waals surface area contributed by atoms with Crippen LogP contribution in [0.2, 0.25) is 0 Å². The molecule has 2 saturated heterocycles. The zero-order chi connectivity index (χ0) is 16.4. The summed E-state index contributed by atoms with van der Waals surface area (Å²) in [5.74, 6) is 0.977. The Bertz CT molecular complexity index is 662. The minimum absolute atomic E-state index is 0.132. The molecule has 2 aromatic rings. The maximum Gasteiger partial charge on any atom is 0.185 e. The average Bonchev–Trinajstić information content (AvgIpc) is 3.06. The number of thiazole rings is 1. The van der Waals surface area contributed by atoms with Gasteiger partial charge in [-0.3, -0.25) is 0 Å². The number of aryl methyl sites for hydroxylation is 1. The SMILES string of the molecule is Cc1ccc(N2CCC[C@]3(COCCN(c4nccs4)C3)C2)nn1. The number of aromatic nitrogens is 3. The van der Waals surface area contributed by atoms with Gasteiger partial charge in [0.25, 0.3) is 0 Å². The van der Waals surface area contributed by atoms with E-state index in [4.69, 9.17) is 4.74 Å². The van der Waals surface area contributed by atoms with Crippen molar-refractivity contribution in [1.82, 2.24) is 15.2 Å². The lowest BCUT2D eigenvalue weighted by Crippen LogP contribution is -2.51. The minimum Gasteiger partial charge on any atom is -0.379 e. The Labute approximate surface area is 146 Å². The highest BCUT2D eigenvalue weighted by Crippen LogP contribution is 2.36. The number of piperidine rings is 1. The van der Waals surface area contributed by atoms with Crippen molar-refractivity contribution < 1.29 is 4.74 Å². The van der Waals surface area contributed by atoms with Crippen molar-refractivity contribution in [3.05, 3.63) is 29.4 Å². The highest BCUT2D eigenvalue weighted by atomic mass is 32.1. The van der Waals surface area contributed by atoms with Crippen LogP contribution < -0.4 is 9.80 Å². The number of hydrogen-bond donors (Lipinski definition) is 0. The Hall–Kier alpha value is -1.73. The predicted molar refractivity (Wildman–Crippen MR) is 95.8 cm³/mol. The van der Waals surface area contributed by atoms with E-state index < -0.39 is 0 Å². The van der Waals surface area contributed by atoms with Crippen LogP contribution >= 0.6 is 11.3 Å². The van der Waals surface area contributed by atoms with Crippen LogP contribution in [-0.4, -0.2) is 54.6 Å². The van der Waals surface area contributed by atoms with Crippen LogP contribution in [0.25, 0.3) is 0 Å². The first-order valence-corrected chi connectivity index (χ1v) is 9.40. The van der Waals surface area contributed by atoms with E-state index in [2.05, 4.69) is 31.0 Å². The van der Waals surface area contributed by atoms with E-state index in [1.54, 1.807) is 11.3 Å². The van der Waals surface area contributed by atoms with Gasteiger partial charge in [0.15, 0.2) is 10.9 Å². The van der Waals surface area contributed by atoms with E-state index in [9.17, 15) is 0 Å². The molecular formula is C17H23N5OS. The average molecular weight is 345 g/mol. The first-order valence-electron chi connectivity index (χ1n) is 8.52. The summed E-state index contributed by atoms with van der Waals surface area (Å²) in [6.45, 7) is 7.47. The highest BCUT2D eigenvalue weighted by Gasteiger charge is 2.40. The smallest absolute Gasteiger partial charge is 0.185 e. The Morgan fingerprint density at radius 1 is 1.17 bits per heavy atom. The fourth-order valence-electron chi connectivity index (χ4n) is 3.74. The van der Waals surface area contributed by atoms with Crippen molar-refractivity contribution in [2.24, 2.45) is 5.41 Å². The molecule has 0 radical (unpaired) electrons. The van der Waals surface area contributed by atoms with Crippen LogP contribution in [-0.2, 0) is 4.74 Å². The van der Waals surface area contributed by atoms with Crippen molar-refractivity contribution in [2.45, 2.75) is 19.8 Å². The summed E-state index contributed by atoms with van der Waals surface area (Å²) in [6.07, 6.45) is 4.22. The molecule has 24 heavy (non-hydrogen) atoms. The third-order valence-corrected chi connectivity index (χ3v) is 5.73. The zero-order valence-electron chi connectivity index (χ0n) is 14.0. The molecule has 0 bridgehead atoms. The third-order valence-electron chi connectivity index (χ3n) is 4.90. The van der Waals surface area contributed by atoms with Crippen molar-refractivity contribution in [3.63, 3.8) is 0 Å². The predicted octanol–water partition coefficient (Wildman–Crippen LogP) is 2.36. The molecule has 0 N–H and O–H groups in total. The lowest BCUT2D eigenvalue weighted by Gasteiger charge is -2.43. The van der Waals surface area contributed by atoms with Gasteiger partial charge in [-0.15, -0.1) is 16.4 Å². The third kappa shape index (κ3) is 3.23. The lowest BCUT2D eigenvalue weighted by molar-refractivity contribution is 0.0597. The van der Waals surface area contributed by atoms with Gasteiger partial charge in [0.05, 0.1) is 18.9 Å². The summed E-state index contributed by atoms with van der Waals surface area (Å²) in [7, 11) is 0. The summed E-state index contributed by atoms with van der Waals surface area (Å²) in [4.78, 5) is 9.26. The molecule has 0 aromatic carbocycles. The van der Waals surface area contributed by atoms with Crippen LogP contribution in [0.1, 0.15) is 18.5 Å². The van der Waals surface area contributed by atoms with Crippen molar-refractivity contribution in [2.75, 3.05) is 49.2 Å². The number of rotatable bonds is 2. The van der Waals surface area contributed by atoms with E-state index in [0.717, 1.165) is 62.5 Å². The molecule has 0 unspecified atom stereocenters. The van der Waals surface area contributed by atoms with Crippen LogP contribution in [0.5, 0.6) is 0 Å². The Kier molecular flexibility index (Phi) is 4.37. The Balaban J connectivity index is 1.55. The molecule has 2 aliphatic heterocycles. The second-order valence-electron chi connectivity index (χ2n) is 6.85. The maximum absolute atomic E-state index is 5.99. The number of ether oxygens (including phenoxy) is 1. The first-order chi connectivity index (χ1) is 11.7. The number of hydrogen-bond acceptors (Lipinski definition) is 7. The zero-order valence-corrected chi connectivity index (χ0v) is 14.8. The van der Waals surface area contributed by atoms with E-state index in [1.165, 1.54) is 6.42 Å². The first kappa shape index (κ1) is 15.8. The van der Waals surface area contributed by atoms with Crippen molar-refractivity contribution in [1.29, 1.82) is 0 Å². The molecule has 0 amide bonds. The van der Waals surface area contributed by atoms with Gasteiger partial charge in [0.2, 0.25) is 0 Å². The van der Waals surface area contributed by atoms with E-state index >= 15 is 0 Å². The summed E-state index contributed by atoms with van der Waals surface area (Å²) in [6, 6.07) is 4.12. The molecular weight excluding hydrogens is 322 g/mol. The minimum atomic E-state index is 0.132. The molecule has 6 nitrogen and oxygen atoms in total. The van der Waals surface area contributed by atoms with Crippen molar-refractivity contribution >= 4 is 22.3 Å². The van der Waals surface area contributed by atoms with Gasteiger partial charge in [0, 0.05) is 43.2 Å². The molecule has 2 fully saturated rings. The normalized spacial score (nSPS) is 25.0. The fraction of sp³-hybridized carbons (Fsp3) is 0.588. The van der Waals surface area contributed by atoms with Gasteiger partial charge >= 0.3 is 0 Å². The topological polar surface area (TPSA) is 54.4 Å². The van der Waals surface area contributed by atoms with E-state index in [1.807, 2.05) is 24.6 Å². The summed E-state index contributed by atoms with van der Waals surface area (Å²) < 4.78 is 5.99. The number of nitrogens with zero attached hydrogens (tertiary/aromatic N) is 5. The van der Waals surface area contributed by atoms with Gasteiger partial charge in [0.1, 0.15) is 0 Å². The van der Waals surface area contributed by atoms with E-state index in [-0.39, 0.29) is 5.41 Å². The Morgan fingerprint density at radius 2 is 2.08 bits per heavy atom. The second kappa shape index (κ2) is 6.64. The quantitative estimate of drug-likeness (QED) is 0.833. The molecule has 0 aliphatic carbocycles.